The summed E-state index contributed by atoms with van der Waals surface area (Å²) in [6.07, 6.45) is -7.87. The zero-order valence-corrected chi connectivity index (χ0v) is 19.7. The molecule has 37 heavy (non-hydrogen) atoms. The fourth-order valence-electron chi connectivity index (χ4n) is 3.47. The highest BCUT2D eigenvalue weighted by atomic mass is 35.5. The number of rotatable bonds is 11. The maximum atomic E-state index is 14.3. The molecule has 0 radical (unpaired) electrons. The lowest BCUT2D eigenvalue weighted by Gasteiger charge is -2.19. The van der Waals surface area contributed by atoms with Crippen molar-refractivity contribution in [3.8, 4) is 11.4 Å². The number of carbonyl (C=O) groups excluding carboxylic acids is 2. The van der Waals surface area contributed by atoms with Crippen LogP contribution in [0.1, 0.15) is 18.0 Å². The number of nitrogens with zero attached hydrogens (tertiary/aromatic N) is 3. The highest BCUT2D eigenvalue weighted by molar-refractivity contribution is 6.30. The van der Waals surface area contributed by atoms with E-state index in [1.54, 1.807) is 0 Å². The van der Waals surface area contributed by atoms with Crippen LogP contribution in [0.4, 0.5) is 17.6 Å². The van der Waals surface area contributed by atoms with E-state index < -0.39 is 48.8 Å². The molecule has 0 aliphatic carbocycles. The number of aliphatic hydroxyl groups excluding tert-OH is 1. The number of ether oxygens (including phenoxy) is 1. The highest BCUT2D eigenvalue weighted by Crippen LogP contribution is 2.24. The maximum Gasteiger partial charge on any atom is 0.416 e. The summed E-state index contributed by atoms with van der Waals surface area (Å²) in [5.74, 6) is -1.68. The van der Waals surface area contributed by atoms with Gasteiger partial charge in [0.05, 0.1) is 19.2 Å². The summed E-state index contributed by atoms with van der Waals surface area (Å²) in [5, 5.41) is 16.4. The Hall–Kier alpha value is -3.71. The number of amides is 1. The van der Waals surface area contributed by atoms with Gasteiger partial charge in [-0.25, -0.2) is 13.9 Å². The number of alkyl halides is 3. The van der Waals surface area contributed by atoms with E-state index in [1.165, 1.54) is 48.5 Å². The number of benzene rings is 2. The zero-order chi connectivity index (χ0) is 27.2. The molecular formula is C23H21ClF4N4O5. The Bertz CT molecular complexity index is 1290. The van der Waals surface area contributed by atoms with Gasteiger partial charge in [0.1, 0.15) is 12.4 Å². The van der Waals surface area contributed by atoms with Crippen molar-refractivity contribution in [1.82, 2.24) is 19.7 Å². The molecule has 0 bridgehead atoms. The minimum Gasteiger partial charge on any atom is -0.468 e. The summed E-state index contributed by atoms with van der Waals surface area (Å²) in [7, 11) is 0. The van der Waals surface area contributed by atoms with Crippen LogP contribution in [0.2, 0.25) is 5.02 Å². The van der Waals surface area contributed by atoms with Gasteiger partial charge in [-0.15, -0.1) is 5.10 Å². The highest BCUT2D eigenvalue weighted by Gasteiger charge is 2.39. The fourth-order valence-corrected chi connectivity index (χ4v) is 3.60. The molecule has 0 aliphatic heterocycles. The van der Waals surface area contributed by atoms with Crippen LogP contribution in [0, 0.1) is 5.82 Å². The molecule has 1 aromatic heterocycles. The molecule has 1 unspecified atom stereocenters. The van der Waals surface area contributed by atoms with Crippen LogP contribution in [0.5, 0.6) is 0 Å². The number of halogens is 5. The normalized spacial score (nSPS) is 13.1. The molecule has 0 saturated heterocycles. The van der Waals surface area contributed by atoms with E-state index in [2.05, 4.69) is 15.2 Å². The summed E-state index contributed by atoms with van der Waals surface area (Å²) in [6, 6.07) is 10.3. The summed E-state index contributed by atoms with van der Waals surface area (Å²) in [5.41, 5.74) is -0.779. The van der Waals surface area contributed by atoms with Crippen molar-refractivity contribution in [2.24, 2.45) is 0 Å². The third kappa shape index (κ3) is 7.17. The second kappa shape index (κ2) is 12.0. The average molecular weight is 545 g/mol. The topological polar surface area (TPSA) is 115 Å². The Morgan fingerprint density at radius 3 is 2.49 bits per heavy atom. The molecule has 0 saturated carbocycles. The Morgan fingerprint density at radius 2 is 1.86 bits per heavy atom. The predicted molar refractivity (Wildman–Crippen MR) is 123 cm³/mol. The molecule has 0 fully saturated rings. The van der Waals surface area contributed by atoms with Crippen LogP contribution in [0.25, 0.3) is 11.4 Å². The Morgan fingerprint density at radius 1 is 1.19 bits per heavy atom. The van der Waals surface area contributed by atoms with Gasteiger partial charge < -0.3 is 15.2 Å². The third-order valence-electron chi connectivity index (χ3n) is 5.26. The van der Waals surface area contributed by atoms with Crippen molar-refractivity contribution in [2.45, 2.75) is 37.8 Å². The molecule has 14 heteroatoms. The van der Waals surface area contributed by atoms with Gasteiger partial charge in [-0.05, 0) is 30.3 Å². The van der Waals surface area contributed by atoms with E-state index in [9.17, 15) is 37.1 Å². The molecule has 0 aliphatic rings. The third-order valence-corrected chi connectivity index (χ3v) is 5.51. The first-order valence-corrected chi connectivity index (χ1v) is 11.2. The first kappa shape index (κ1) is 27.9. The van der Waals surface area contributed by atoms with Crippen molar-refractivity contribution in [3.63, 3.8) is 0 Å². The fraction of sp³-hybridized carbons (Fsp3) is 0.304. The van der Waals surface area contributed by atoms with Gasteiger partial charge in [0.2, 0.25) is 5.91 Å². The molecule has 1 heterocycles. The summed E-state index contributed by atoms with van der Waals surface area (Å²) < 4.78 is 59.2. The Balaban J connectivity index is 1.90. The van der Waals surface area contributed by atoms with Crippen molar-refractivity contribution in [1.29, 1.82) is 0 Å². The molecule has 1 amide bonds. The predicted octanol–water partition coefficient (Wildman–Crippen LogP) is 2.85. The van der Waals surface area contributed by atoms with Crippen LogP contribution < -0.4 is 11.0 Å². The summed E-state index contributed by atoms with van der Waals surface area (Å²) in [6.45, 7) is -1.84. The Labute approximate surface area is 212 Å². The van der Waals surface area contributed by atoms with Crippen LogP contribution in [-0.2, 0) is 27.4 Å². The van der Waals surface area contributed by atoms with Crippen LogP contribution in [-0.4, -0.2) is 50.7 Å². The minimum atomic E-state index is -5.01. The zero-order valence-electron chi connectivity index (χ0n) is 19.0. The van der Waals surface area contributed by atoms with E-state index in [-0.39, 0.29) is 36.5 Å². The Kier molecular flexibility index (Phi) is 9.05. The lowest BCUT2D eigenvalue weighted by Crippen LogP contribution is -2.39. The molecule has 0 spiro atoms. The second-order valence-corrected chi connectivity index (χ2v) is 8.27. The van der Waals surface area contributed by atoms with Gasteiger partial charge in [0, 0.05) is 22.6 Å². The SMILES string of the molecule is O=COCCC(NC(=O)Cn1nc(-c2ccc(Cl)cc2)n(C[C@H](O)C(F)(F)F)c1=O)c1ccccc1F. The lowest BCUT2D eigenvalue weighted by atomic mass is 10.0. The number of nitrogens with one attached hydrogen (secondary N) is 1. The maximum absolute atomic E-state index is 14.3. The summed E-state index contributed by atoms with van der Waals surface area (Å²) in [4.78, 5) is 36.2. The van der Waals surface area contributed by atoms with Gasteiger partial charge in [0.25, 0.3) is 6.47 Å². The minimum absolute atomic E-state index is 0.00253. The molecule has 3 aromatic rings. The first-order chi connectivity index (χ1) is 17.5. The van der Waals surface area contributed by atoms with Gasteiger partial charge in [0.15, 0.2) is 11.9 Å². The van der Waals surface area contributed by atoms with E-state index in [4.69, 9.17) is 11.6 Å². The first-order valence-electron chi connectivity index (χ1n) is 10.8. The van der Waals surface area contributed by atoms with Gasteiger partial charge in [-0.1, -0.05) is 29.8 Å². The second-order valence-electron chi connectivity index (χ2n) is 7.84. The van der Waals surface area contributed by atoms with E-state index in [1.807, 2.05) is 0 Å². The van der Waals surface area contributed by atoms with E-state index >= 15 is 0 Å². The van der Waals surface area contributed by atoms with Crippen molar-refractivity contribution >= 4 is 24.0 Å². The number of aliphatic hydroxyl groups is 1. The van der Waals surface area contributed by atoms with Crippen molar-refractivity contribution in [3.05, 3.63) is 75.4 Å². The molecule has 198 valence electrons. The molecule has 3 rings (SSSR count). The quantitative estimate of drug-likeness (QED) is 0.218. The van der Waals surface area contributed by atoms with Crippen LogP contribution in [0.3, 0.4) is 0 Å². The molecule has 2 aromatic carbocycles. The van der Waals surface area contributed by atoms with Gasteiger partial charge >= 0.3 is 11.9 Å². The standard InChI is InChI=1S/C23H21ClF4N4O5/c24-15-7-5-14(6-8-15)21-30-32(22(36)31(21)11-19(34)23(26,27)28)12-20(35)29-18(9-10-37-13-33)16-3-1-2-4-17(16)25/h1-8,13,18-19,34H,9-12H2,(H,29,35)/t18?,19-/m0/s1. The molecule has 2 atom stereocenters. The largest absolute Gasteiger partial charge is 0.468 e. The number of aromatic nitrogens is 3. The monoisotopic (exact) mass is 544 g/mol. The van der Waals surface area contributed by atoms with Gasteiger partial charge in [-0.3, -0.25) is 14.2 Å². The van der Waals surface area contributed by atoms with Crippen LogP contribution in [0.15, 0.2) is 53.3 Å². The average Bonchev–Trinajstić information content (AvgIpc) is 3.13. The molecule has 9 nitrogen and oxygen atoms in total. The number of hydrogen-bond donors (Lipinski definition) is 2. The van der Waals surface area contributed by atoms with Crippen molar-refractivity contribution < 1.29 is 37.0 Å². The number of carbonyl (C=O) groups is 2. The molecule has 2 N–H and O–H groups in total. The smallest absolute Gasteiger partial charge is 0.416 e. The molecular weight excluding hydrogens is 524 g/mol. The van der Waals surface area contributed by atoms with Crippen LogP contribution >= 0.6 is 11.6 Å². The van der Waals surface area contributed by atoms with Gasteiger partial charge in [-0.2, -0.15) is 13.2 Å². The summed E-state index contributed by atoms with van der Waals surface area (Å²) >= 11 is 5.85. The van der Waals surface area contributed by atoms with Crippen molar-refractivity contribution in [2.75, 3.05) is 6.61 Å². The van der Waals surface area contributed by atoms with E-state index in [0.29, 0.717) is 14.3 Å². The number of hydrogen-bond acceptors (Lipinski definition) is 6. The van der Waals surface area contributed by atoms with E-state index in [0.717, 1.165) is 0 Å². The lowest BCUT2D eigenvalue weighted by molar-refractivity contribution is -0.207.